The molecule has 158 valence electrons. The summed E-state index contributed by atoms with van der Waals surface area (Å²) in [6.45, 7) is 2.67. The Kier molecular flexibility index (Phi) is 7.19. The summed E-state index contributed by atoms with van der Waals surface area (Å²) in [7, 11) is -3.33. The van der Waals surface area contributed by atoms with Crippen molar-refractivity contribution in [3.05, 3.63) is 59.4 Å². The second-order valence-electron chi connectivity index (χ2n) is 7.64. The Morgan fingerprint density at radius 3 is 2.57 bits per heavy atom. The van der Waals surface area contributed by atoms with Crippen molar-refractivity contribution >= 4 is 21.5 Å². The van der Waals surface area contributed by atoms with E-state index in [4.69, 9.17) is 5.26 Å². The first-order chi connectivity index (χ1) is 14.4. The van der Waals surface area contributed by atoms with Crippen molar-refractivity contribution in [1.29, 1.82) is 5.26 Å². The molecule has 2 heterocycles. The number of nitriles is 1. The Morgan fingerprint density at radius 1 is 1.23 bits per heavy atom. The summed E-state index contributed by atoms with van der Waals surface area (Å²) < 4.78 is 25.0. The summed E-state index contributed by atoms with van der Waals surface area (Å²) in [5.74, 6) is 0.114. The summed E-state index contributed by atoms with van der Waals surface area (Å²) in [6, 6.07) is 12.4. The van der Waals surface area contributed by atoms with Gasteiger partial charge in [0.15, 0.2) is 5.78 Å². The van der Waals surface area contributed by atoms with Crippen molar-refractivity contribution in [2.45, 2.75) is 25.7 Å². The maximum Gasteiger partial charge on any atom is 0.229 e. The first-order valence-corrected chi connectivity index (χ1v) is 11.9. The number of likely N-dealkylation sites (tertiary alicyclic amines) is 1. The molecule has 0 aliphatic carbocycles. The Balaban J connectivity index is 1.46. The van der Waals surface area contributed by atoms with E-state index >= 15 is 0 Å². The van der Waals surface area contributed by atoms with E-state index in [9.17, 15) is 13.2 Å². The van der Waals surface area contributed by atoms with E-state index in [0.717, 1.165) is 57.3 Å². The van der Waals surface area contributed by atoms with E-state index in [0.29, 0.717) is 16.8 Å². The van der Waals surface area contributed by atoms with Crippen LogP contribution in [-0.4, -0.2) is 50.0 Å². The summed E-state index contributed by atoms with van der Waals surface area (Å²) in [4.78, 5) is 19.4. The zero-order valence-corrected chi connectivity index (χ0v) is 17.9. The lowest BCUT2D eigenvalue weighted by Gasteiger charge is -2.31. The number of anilines is 1. The predicted molar refractivity (Wildman–Crippen MR) is 116 cm³/mol. The van der Waals surface area contributed by atoms with Gasteiger partial charge < -0.3 is 4.90 Å². The zero-order valence-electron chi connectivity index (χ0n) is 17.0. The number of aryl methyl sites for hydroxylation is 1. The number of hydrogen-bond acceptors (Lipinski definition) is 6. The highest BCUT2D eigenvalue weighted by atomic mass is 32.2. The number of rotatable bonds is 8. The van der Waals surface area contributed by atoms with E-state index in [1.807, 2.05) is 0 Å². The van der Waals surface area contributed by atoms with Gasteiger partial charge in [0.1, 0.15) is 6.07 Å². The molecule has 2 aromatic rings. The fourth-order valence-corrected chi connectivity index (χ4v) is 4.34. The fourth-order valence-electron chi connectivity index (χ4n) is 3.78. The third kappa shape index (κ3) is 6.12. The number of carbonyl (C=O) groups excluding carboxylic acids is 1. The number of nitrogens with one attached hydrogen (secondary N) is 1. The number of piperidine rings is 1. The first kappa shape index (κ1) is 21.9. The maximum atomic E-state index is 12.8. The van der Waals surface area contributed by atoms with E-state index in [1.54, 1.807) is 42.6 Å². The maximum absolute atomic E-state index is 12.8. The number of ketones is 1. The number of Topliss-reactive ketones (excluding diaryl/α,β-unsaturated/α-hetero) is 1. The zero-order chi connectivity index (χ0) is 21.6. The van der Waals surface area contributed by atoms with Gasteiger partial charge >= 0.3 is 0 Å². The van der Waals surface area contributed by atoms with Gasteiger partial charge in [-0.25, -0.2) is 8.42 Å². The van der Waals surface area contributed by atoms with Crippen LogP contribution in [0.5, 0.6) is 0 Å². The standard InChI is InChI=1S/C22H26N4O3S/c1-30(28,29)25-20-8-6-17(7-9-20)22(27)18-10-14-26(15-11-18)13-3-5-21-19(16-23)4-2-12-24-21/h2,4,6-9,12,18,25H,3,5,10-11,13-15H2,1H3. The summed E-state index contributed by atoms with van der Waals surface area (Å²) >= 11 is 0. The van der Waals surface area contributed by atoms with Gasteiger partial charge in [0, 0.05) is 23.4 Å². The molecule has 0 radical (unpaired) electrons. The van der Waals surface area contributed by atoms with Crippen molar-refractivity contribution in [1.82, 2.24) is 9.88 Å². The van der Waals surface area contributed by atoms with Crippen LogP contribution in [0.25, 0.3) is 0 Å². The smallest absolute Gasteiger partial charge is 0.229 e. The largest absolute Gasteiger partial charge is 0.303 e. The van der Waals surface area contributed by atoms with Gasteiger partial charge in [-0.1, -0.05) is 0 Å². The molecule has 0 bridgehead atoms. The molecule has 3 rings (SSSR count). The lowest BCUT2D eigenvalue weighted by molar-refractivity contribution is 0.0839. The van der Waals surface area contributed by atoms with Gasteiger partial charge in [-0.3, -0.25) is 14.5 Å². The highest BCUT2D eigenvalue weighted by Gasteiger charge is 2.25. The average molecular weight is 427 g/mol. The van der Waals surface area contributed by atoms with Crippen LogP contribution in [-0.2, 0) is 16.4 Å². The highest BCUT2D eigenvalue weighted by Crippen LogP contribution is 2.23. The predicted octanol–water partition coefficient (Wildman–Crippen LogP) is 2.85. The number of aromatic nitrogens is 1. The third-order valence-electron chi connectivity index (χ3n) is 5.33. The number of benzene rings is 1. The SMILES string of the molecule is CS(=O)(=O)Nc1ccc(C(=O)C2CCN(CCCc3ncccc3C#N)CC2)cc1. The molecule has 1 aromatic heterocycles. The molecule has 1 aliphatic heterocycles. The number of carbonyl (C=O) groups is 1. The van der Waals surface area contributed by atoms with Crippen molar-refractivity contribution in [3.63, 3.8) is 0 Å². The molecule has 7 nitrogen and oxygen atoms in total. The Morgan fingerprint density at radius 2 is 1.93 bits per heavy atom. The molecule has 8 heteroatoms. The van der Waals surface area contributed by atoms with E-state index in [1.165, 1.54) is 0 Å². The van der Waals surface area contributed by atoms with Crippen LogP contribution >= 0.6 is 0 Å². The molecule has 0 unspecified atom stereocenters. The molecule has 1 saturated heterocycles. The molecule has 30 heavy (non-hydrogen) atoms. The Bertz CT molecular complexity index is 1020. The van der Waals surface area contributed by atoms with Gasteiger partial charge in [0.25, 0.3) is 0 Å². The van der Waals surface area contributed by atoms with Crippen LogP contribution in [0.3, 0.4) is 0 Å². The molecule has 1 fully saturated rings. The number of nitrogens with zero attached hydrogens (tertiary/aromatic N) is 3. The van der Waals surface area contributed by atoms with Gasteiger partial charge in [-0.2, -0.15) is 5.26 Å². The fraction of sp³-hybridized carbons (Fsp3) is 0.409. The minimum atomic E-state index is -3.33. The van der Waals surface area contributed by atoms with Gasteiger partial charge in [-0.05, 0) is 81.7 Å². The minimum absolute atomic E-state index is 0.00375. The van der Waals surface area contributed by atoms with Crippen molar-refractivity contribution < 1.29 is 13.2 Å². The van der Waals surface area contributed by atoms with Crippen LogP contribution in [0.1, 0.15) is 40.9 Å². The molecule has 1 aromatic carbocycles. The van der Waals surface area contributed by atoms with Crippen LogP contribution in [0.4, 0.5) is 5.69 Å². The molecular weight excluding hydrogens is 400 g/mol. The van der Waals surface area contributed by atoms with E-state index in [2.05, 4.69) is 20.7 Å². The van der Waals surface area contributed by atoms with Crippen LogP contribution in [0.15, 0.2) is 42.6 Å². The van der Waals surface area contributed by atoms with Crippen molar-refractivity contribution in [3.8, 4) is 6.07 Å². The van der Waals surface area contributed by atoms with Crippen LogP contribution in [0.2, 0.25) is 0 Å². The second-order valence-corrected chi connectivity index (χ2v) is 9.39. The van der Waals surface area contributed by atoms with Gasteiger partial charge in [-0.15, -0.1) is 0 Å². The molecular formula is C22H26N4O3S. The minimum Gasteiger partial charge on any atom is -0.303 e. The van der Waals surface area contributed by atoms with E-state index in [-0.39, 0.29) is 11.7 Å². The van der Waals surface area contributed by atoms with Crippen molar-refractivity contribution in [2.75, 3.05) is 30.6 Å². The molecule has 0 amide bonds. The molecule has 1 aliphatic rings. The number of sulfonamides is 1. The molecule has 0 saturated carbocycles. The monoisotopic (exact) mass is 426 g/mol. The summed E-state index contributed by atoms with van der Waals surface area (Å²) in [5.41, 5.74) is 2.56. The summed E-state index contributed by atoms with van der Waals surface area (Å²) in [6.07, 6.45) is 6.15. The van der Waals surface area contributed by atoms with Gasteiger partial charge in [0.05, 0.1) is 17.5 Å². The lowest BCUT2D eigenvalue weighted by Crippen LogP contribution is -2.37. The lowest BCUT2D eigenvalue weighted by atomic mass is 9.88. The molecule has 0 spiro atoms. The Labute approximate surface area is 177 Å². The highest BCUT2D eigenvalue weighted by molar-refractivity contribution is 7.92. The molecule has 1 N–H and O–H groups in total. The molecule has 0 atom stereocenters. The first-order valence-electron chi connectivity index (χ1n) is 10.0. The van der Waals surface area contributed by atoms with Gasteiger partial charge in [0.2, 0.25) is 10.0 Å². The third-order valence-corrected chi connectivity index (χ3v) is 5.94. The summed E-state index contributed by atoms with van der Waals surface area (Å²) in [5, 5.41) is 9.14. The second kappa shape index (κ2) is 9.83. The van der Waals surface area contributed by atoms with Crippen LogP contribution in [0, 0.1) is 17.2 Å². The number of hydrogen-bond donors (Lipinski definition) is 1. The van der Waals surface area contributed by atoms with E-state index < -0.39 is 10.0 Å². The number of pyridine rings is 1. The van der Waals surface area contributed by atoms with Crippen LogP contribution < -0.4 is 4.72 Å². The average Bonchev–Trinajstić information content (AvgIpc) is 2.73. The normalized spacial score (nSPS) is 15.5. The Hall–Kier alpha value is -2.76. The topological polar surface area (TPSA) is 103 Å². The van der Waals surface area contributed by atoms with Crippen molar-refractivity contribution in [2.24, 2.45) is 5.92 Å². The quantitative estimate of drug-likeness (QED) is 0.651.